The summed E-state index contributed by atoms with van der Waals surface area (Å²) >= 11 is 5.10. The highest BCUT2D eigenvalue weighted by molar-refractivity contribution is 7.80. The van der Waals surface area contributed by atoms with E-state index in [1.807, 2.05) is 6.07 Å². The molecule has 0 saturated heterocycles. The molecule has 0 amide bonds. The fourth-order valence-corrected chi connectivity index (χ4v) is 2.53. The second-order valence-electron chi connectivity index (χ2n) is 5.87. The minimum absolute atomic E-state index is 0.391. The lowest BCUT2D eigenvalue weighted by atomic mass is 10.1. The Balaban J connectivity index is 2.14. The van der Waals surface area contributed by atoms with Crippen molar-refractivity contribution in [2.75, 3.05) is 13.7 Å². The van der Waals surface area contributed by atoms with Gasteiger partial charge in [-0.25, -0.2) is 0 Å². The van der Waals surface area contributed by atoms with E-state index >= 15 is 0 Å². The van der Waals surface area contributed by atoms with Gasteiger partial charge in [0.25, 0.3) is 0 Å². The van der Waals surface area contributed by atoms with Gasteiger partial charge in [0.15, 0.2) is 0 Å². The topological polar surface area (TPSA) is 38.5 Å². The van der Waals surface area contributed by atoms with Crippen LogP contribution in [-0.2, 0) is 6.54 Å². The van der Waals surface area contributed by atoms with Crippen LogP contribution in [0.4, 0.5) is 0 Å². The van der Waals surface area contributed by atoms with Crippen molar-refractivity contribution in [2.24, 2.45) is 11.7 Å². The fraction of sp³-hybridized carbons (Fsp3) is 0.562. The summed E-state index contributed by atoms with van der Waals surface area (Å²) in [5.41, 5.74) is 7.85. The molecule has 0 spiro atoms. The van der Waals surface area contributed by atoms with Crippen LogP contribution in [0.1, 0.15) is 37.8 Å². The predicted molar refractivity (Wildman–Crippen MR) is 87.2 cm³/mol. The molecule has 2 N–H and O–H groups in total. The van der Waals surface area contributed by atoms with Crippen molar-refractivity contribution in [3.05, 3.63) is 29.3 Å². The highest BCUT2D eigenvalue weighted by atomic mass is 32.1. The maximum Gasteiger partial charge on any atom is 0.129 e. The van der Waals surface area contributed by atoms with Crippen molar-refractivity contribution < 1.29 is 4.74 Å². The summed E-state index contributed by atoms with van der Waals surface area (Å²) in [6.07, 6.45) is 2.76. The van der Waals surface area contributed by atoms with E-state index in [9.17, 15) is 0 Å². The van der Waals surface area contributed by atoms with Gasteiger partial charge < -0.3 is 10.5 Å². The van der Waals surface area contributed by atoms with Crippen molar-refractivity contribution in [3.63, 3.8) is 0 Å². The maximum absolute atomic E-state index is 5.78. The molecule has 110 valence electrons. The first-order chi connectivity index (χ1) is 9.51. The molecule has 1 saturated carbocycles. The Kier molecular flexibility index (Phi) is 5.00. The lowest BCUT2D eigenvalue weighted by Crippen LogP contribution is -2.32. The molecular weight excluding hydrogens is 268 g/mol. The van der Waals surface area contributed by atoms with Crippen LogP contribution in [-0.4, -0.2) is 29.6 Å². The lowest BCUT2D eigenvalue weighted by molar-refractivity contribution is 0.204. The van der Waals surface area contributed by atoms with Gasteiger partial charge in [0.1, 0.15) is 10.7 Å². The van der Waals surface area contributed by atoms with Gasteiger partial charge in [0.05, 0.1) is 12.7 Å². The summed E-state index contributed by atoms with van der Waals surface area (Å²) in [6.45, 7) is 6.63. The maximum atomic E-state index is 5.78. The molecule has 4 heteroatoms. The molecule has 0 heterocycles. The molecule has 0 atom stereocenters. The van der Waals surface area contributed by atoms with Gasteiger partial charge in [0, 0.05) is 19.1 Å². The lowest BCUT2D eigenvalue weighted by Gasteiger charge is -2.26. The Morgan fingerprint density at radius 3 is 2.65 bits per heavy atom. The van der Waals surface area contributed by atoms with E-state index in [0.29, 0.717) is 11.0 Å². The van der Waals surface area contributed by atoms with Gasteiger partial charge in [-0.05, 0) is 50.3 Å². The van der Waals surface area contributed by atoms with Crippen LogP contribution in [0, 0.1) is 5.92 Å². The Morgan fingerprint density at radius 1 is 1.45 bits per heavy atom. The molecule has 1 aromatic rings. The number of nitrogens with two attached hydrogens (primary N) is 1. The van der Waals surface area contributed by atoms with Crippen LogP contribution in [0.2, 0.25) is 0 Å². The third-order valence-corrected chi connectivity index (χ3v) is 4.05. The second kappa shape index (κ2) is 6.55. The van der Waals surface area contributed by atoms with Crippen LogP contribution in [0.15, 0.2) is 18.2 Å². The quantitative estimate of drug-likeness (QED) is 0.784. The van der Waals surface area contributed by atoms with Gasteiger partial charge in [-0.1, -0.05) is 18.3 Å². The molecule has 2 rings (SSSR count). The van der Waals surface area contributed by atoms with Gasteiger partial charge in [0.2, 0.25) is 0 Å². The second-order valence-corrected chi connectivity index (χ2v) is 6.31. The zero-order valence-electron chi connectivity index (χ0n) is 12.6. The average molecular weight is 292 g/mol. The largest absolute Gasteiger partial charge is 0.496 e. The Morgan fingerprint density at radius 2 is 2.15 bits per heavy atom. The minimum Gasteiger partial charge on any atom is -0.496 e. The van der Waals surface area contributed by atoms with Crippen LogP contribution in [0.25, 0.3) is 0 Å². The number of nitrogens with zero attached hydrogens (tertiary/aromatic N) is 1. The number of methoxy groups -OCH3 is 1. The molecule has 0 aromatic heterocycles. The van der Waals surface area contributed by atoms with E-state index in [2.05, 4.69) is 30.9 Å². The van der Waals surface area contributed by atoms with Gasteiger partial charge >= 0.3 is 0 Å². The molecule has 3 nitrogen and oxygen atoms in total. The first kappa shape index (κ1) is 15.3. The highest BCUT2D eigenvalue weighted by Crippen LogP contribution is 2.31. The molecule has 20 heavy (non-hydrogen) atoms. The molecule has 1 aliphatic carbocycles. The average Bonchev–Trinajstić information content (AvgIpc) is 3.21. The molecule has 1 aromatic carbocycles. The molecule has 1 aliphatic rings. The van der Waals surface area contributed by atoms with Crippen molar-refractivity contribution in [1.29, 1.82) is 0 Å². The SMILES string of the molecule is COc1ccc(CN(CC2CC2)C(C)C)cc1C(N)=S. The van der Waals surface area contributed by atoms with Crippen LogP contribution in [0.5, 0.6) is 5.75 Å². The van der Waals surface area contributed by atoms with E-state index in [4.69, 9.17) is 22.7 Å². The smallest absolute Gasteiger partial charge is 0.129 e. The van der Waals surface area contributed by atoms with Gasteiger partial charge in [-0.3, -0.25) is 4.90 Å². The van der Waals surface area contributed by atoms with E-state index < -0.39 is 0 Å². The minimum atomic E-state index is 0.391. The molecular formula is C16H24N2OS. The van der Waals surface area contributed by atoms with E-state index in [0.717, 1.165) is 23.8 Å². The highest BCUT2D eigenvalue weighted by Gasteiger charge is 2.25. The third-order valence-electron chi connectivity index (χ3n) is 3.83. The molecule has 0 aliphatic heterocycles. The third kappa shape index (κ3) is 3.93. The van der Waals surface area contributed by atoms with Crippen LogP contribution in [0.3, 0.4) is 0 Å². The predicted octanol–water partition coefficient (Wildman–Crippen LogP) is 2.95. The van der Waals surface area contributed by atoms with Crippen molar-refractivity contribution in [3.8, 4) is 5.75 Å². The first-order valence-corrected chi connectivity index (χ1v) is 7.63. The first-order valence-electron chi connectivity index (χ1n) is 7.22. The summed E-state index contributed by atoms with van der Waals surface area (Å²) < 4.78 is 5.31. The van der Waals surface area contributed by atoms with E-state index in [1.165, 1.54) is 24.9 Å². The Labute approximate surface area is 127 Å². The van der Waals surface area contributed by atoms with Gasteiger partial charge in [-0.2, -0.15) is 0 Å². The van der Waals surface area contributed by atoms with Gasteiger partial charge in [-0.15, -0.1) is 0 Å². The van der Waals surface area contributed by atoms with Crippen LogP contribution >= 0.6 is 12.2 Å². The van der Waals surface area contributed by atoms with E-state index in [-0.39, 0.29) is 0 Å². The summed E-state index contributed by atoms with van der Waals surface area (Å²) in [6, 6.07) is 6.66. The van der Waals surface area contributed by atoms with Crippen molar-refractivity contribution in [1.82, 2.24) is 4.90 Å². The number of thiocarbonyl (C=S) groups is 1. The molecule has 1 fully saturated rings. The number of hydrogen-bond acceptors (Lipinski definition) is 3. The normalized spacial score (nSPS) is 14.8. The van der Waals surface area contributed by atoms with Crippen LogP contribution < -0.4 is 10.5 Å². The van der Waals surface area contributed by atoms with E-state index in [1.54, 1.807) is 7.11 Å². The summed E-state index contributed by atoms with van der Waals surface area (Å²) in [5, 5.41) is 0. The summed E-state index contributed by atoms with van der Waals surface area (Å²) in [4.78, 5) is 2.91. The van der Waals surface area contributed by atoms with Crippen molar-refractivity contribution in [2.45, 2.75) is 39.3 Å². The van der Waals surface area contributed by atoms with Crippen molar-refractivity contribution >= 4 is 17.2 Å². The molecule has 0 radical (unpaired) electrons. The number of hydrogen-bond donors (Lipinski definition) is 1. The number of ether oxygens (including phenoxy) is 1. The summed E-state index contributed by atoms with van der Waals surface area (Å²) in [5.74, 6) is 1.64. The monoisotopic (exact) mass is 292 g/mol. The standard InChI is InChI=1S/C16H24N2OS/c1-11(2)18(9-12-4-5-12)10-13-6-7-15(19-3)14(8-13)16(17)20/h6-8,11-12H,4-5,9-10H2,1-3H3,(H2,17,20). The number of benzene rings is 1. The Bertz CT molecular complexity index is 483. The fourth-order valence-electron chi connectivity index (χ4n) is 2.37. The summed E-state index contributed by atoms with van der Waals surface area (Å²) in [7, 11) is 1.64. The Hall–Kier alpha value is -1.13. The zero-order chi connectivity index (χ0) is 14.7. The zero-order valence-corrected chi connectivity index (χ0v) is 13.4. The number of rotatable bonds is 7. The molecule has 0 unspecified atom stereocenters. The molecule has 0 bridgehead atoms.